The minimum absolute atomic E-state index is 0.0850. The van der Waals surface area contributed by atoms with Gasteiger partial charge in [-0.2, -0.15) is 0 Å². The Morgan fingerprint density at radius 3 is 1.32 bits per heavy atom. The second-order valence-corrected chi connectivity index (χ2v) is 20.5. The van der Waals surface area contributed by atoms with Crippen LogP contribution < -0.4 is 33.6 Å². The summed E-state index contributed by atoms with van der Waals surface area (Å²) < 4.78 is 38.8. The van der Waals surface area contributed by atoms with Crippen LogP contribution in [0.25, 0.3) is 0 Å². The van der Waals surface area contributed by atoms with Crippen LogP contribution in [0, 0.1) is 23.7 Å². The van der Waals surface area contributed by atoms with Crippen molar-refractivity contribution in [3.63, 3.8) is 0 Å². The van der Waals surface area contributed by atoms with Crippen LogP contribution in [0.1, 0.15) is 88.0 Å². The predicted molar refractivity (Wildman–Crippen MR) is 297 cm³/mol. The van der Waals surface area contributed by atoms with Gasteiger partial charge in [0.25, 0.3) is 11.8 Å². The Hall–Kier alpha value is -7.57. The number of hydrogen-bond donors (Lipinski definition) is 7. The number of hydrogen-bond acceptors (Lipinski definition) is 19. The summed E-state index contributed by atoms with van der Waals surface area (Å²) in [4.78, 5) is 113. The van der Waals surface area contributed by atoms with Crippen molar-refractivity contribution in [2.24, 2.45) is 46.6 Å². The highest BCUT2D eigenvalue weighted by Gasteiger charge is 2.36. The molecule has 2 aliphatic heterocycles. The first-order chi connectivity index (χ1) is 38.0. The molecule has 0 spiro atoms. The van der Waals surface area contributed by atoms with E-state index >= 15 is 0 Å². The number of ether oxygens (including phenoxy) is 7. The smallest absolute Gasteiger partial charge is 0.405 e. The zero-order valence-electron chi connectivity index (χ0n) is 48.3. The predicted octanol–water partition coefficient (Wildman–Crippen LogP) is 4.01. The van der Waals surface area contributed by atoms with Crippen molar-refractivity contribution >= 4 is 53.1 Å². The number of aliphatic hydroxyl groups excluding tert-OH is 1. The fourth-order valence-electron chi connectivity index (χ4n) is 9.57. The van der Waals surface area contributed by atoms with Gasteiger partial charge in [0.1, 0.15) is 18.3 Å². The third-order valence-corrected chi connectivity index (χ3v) is 13.9. The van der Waals surface area contributed by atoms with E-state index < -0.39 is 114 Å². The molecular weight excluding hydrogens is 1050 g/mol. The number of nitrogens with two attached hydrogens (primary N) is 4. The number of fused-ring (bicyclic) bond motifs is 4. The third-order valence-electron chi connectivity index (χ3n) is 13.9. The molecule has 0 fully saturated rings. The highest BCUT2D eigenvalue weighted by Crippen LogP contribution is 2.31. The molecule has 23 heteroatoms. The van der Waals surface area contributed by atoms with Gasteiger partial charge in [0.05, 0.1) is 41.1 Å². The Morgan fingerprint density at radius 1 is 0.580 bits per heavy atom. The summed E-state index contributed by atoms with van der Waals surface area (Å²) in [6, 6.07) is 0. The maximum Gasteiger partial charge on any atom is 0.405 e. The summed E-state index contributed by atoms with van der Waals surface area (Å²) >= 11 is 0. The van der Waals surface area contributed by atoms with Gasteiger partial charge in [-0.1, -0.05) is 76.3 Å². The van der Waals surface area contributed by atoms with Crippen LogP contribution in [-0.2, 0) is 66.7 Å². The van der Waals surface area contributed by atoms with Crippen LogP contribution >= 0.6 is 0 Å². The largest absolute Gasteiger partial charge is 0.459 e. The van der Waals surface area contributed by atoms with E-state index in [1.54, 1.807) is 45.1 Å². The second kappa shape index (κ2) is 31.4. The molecule has 4 bridgehead atoms. The lowest BCUT2D eigenvalue weighted by Crippen LogP contribution is -2.39. The molecule has 444 valence electrons. The molecule has 4 rings (SSSR count). The number of nitrogens with one attached hydrogen (secondary N) is 2. The average molecular weight is 1130 g/mol. The van der Waals surface area contributed by atoms with Crippen LogP contribution in [0.15, 0.2) is 117 Å². The molecule has 0 saturated heterocycles. The van der Waals surface area contributed by atoms with Crippen LogP contribution in [0.4, 0.5) is 9.59 Å². The maximum atomic E-state index is 13.3. The zero-order chi connectivity index (χ0) is 61.2. The number of ketones is 4. The number of primary amides is 2. The number of carbonyl (C=O) groups is 9. The van der Waals surface area contributed by atoms with Crippen LogP contribution in [0.3, 0.4) is 0 Å². The standard InChI is InChI=1S/C30H41N3O9.C28H39N3O8/c1-15-11-20-25(31)22(35)14-21(26(20)36)33-29(37)16(2)9-8-10-23(39-6)27(42-30(32)38)17(3)13-18(4)28(41-19(5)34)24(12-15)40-7;1-14-10-18-23(29)20(32)13-19(25(18)34)31-27(35)15(2)8-7-9-21(37-5)26(39-28(30)36)17(4)12-16(3)24(33)22(11-14)38-6/h8-10,13-15,18,23-24,27-28H,11-12,31H2,1-7H3,(H2,32,38)(H,33,37);7-9,12-14,16,21-22,24,26,33H,10-11,29H2,1-6H3,(H2,30,36)(H,31,35)/b10-8-,16-9+,17-13+;9-7-,15-8+,17-12+/t15-,18+,23+,24+,27+,28+;14-,16+,21+,22+,24-,26+/m11/s1. The molecule has 12 atom stereocenters. The van der Waals surface area contributed by atoms with Crippen LogP contribution in [-0.4, -0.2) is 135 Å². The van der Waals surface area contributed by atoms with E-state index in [2.05, 4.69) is 10.6 Å². The van der Waals surface area contributed by atoms with E-state index in [-0.39, 0.29) is 69.8 Å². The Balaban J connectivity index is 0.000000426. The number of carbonyl (C=O) groups excluding carboxylic acids is 9. The van der Waals surface area contributed by atoms with Crippen molar-refractivity contribution in [2.75, 3.05) is 28.4 Å². The molecule has 4 aliphatic rings. The fourth-order valence-corrected chi connectivity index (χ4v) is 9.57. The lowest BCUT2D eigenvalue weighted by molar-refractivity contribution is -0.157. The number of rotatable bonds is 7. The molecule has 0 radical (unpaired) electrons. The second-order valence-electron chi connectivity index (χ2n) is 20.5. The van der Waals surface area contributed by atoms with Gasteiger partial charge in [-0.25, -0.2) is 9.59 Å². The van der Waals surface area contributed by atoms with Crippen molar-refractivity contribution in [3.8, 4) is 0 Å². The first-order valence-corrected chi connectivity index (χ1v) is 26.2. The number of amides is 4. The number of Topliss-reactive ketones (excluding diaryl/α,β-unsaturated/α-hetero) is 2. The lowest BCUT2D eigenvalue weighted by atomic mass is 9.85. The summed E-state index contributed by atoms with van der Waals surface area (Å²) in [6.45, 7) is 15.1. The molecule has 0 unspecified atom stereocenters. The number of methoxy groups -OCH3 is 4. The molecule has 23 nitrogen and oxygen atoms in total. The number of allylic oxidation sites excluding steroid dienone is 8. The Bertz CT molecular complexity index is 2740. The molecule has 81 heavy (non-hydrogen) atoms. The minimum Gasteiger partial charge on any atom is -0.459 e. The van der Waals surface area contributed by atoms with Crippen molar-refractivity contribution in [3.05, 3.63) is 117 Å². The summed E-state index contributed by atoms with van der Waals surface area (Å²) in [7, 11) is 5.79. The summed E-state index contributed by atoms with van der Waals surface area (Å²) in [5.74, 6) is -5.34. The lowest BCUT2D eigenvalue weighted by Gasteiger charge is -2.32. The molecule has 0 saturated carbocycles. The Labute approximate surface area is 472 Å². The quantitative estimate of drug-likeness (QED) is 0.0819. The van der Waals surface area contributed by atoms with Gasteiger partial charge < -0.3 is 71.8 Å². The molecule has 2 heterocycles. The molecule has 2 aliphatic carbocycles. The Kier molecular flexibility index (Phi) is 26.3. The van der Waals surface area contributed by atoms with Gasteiger partial charge in [-0.3, -0.25) is 33.6 Å². The first-order valence-electron chi connectivity index (χ1n) is 26.2. The molecule has 11 N–H and O–H groups in total. The van der Waals surface area contributed by atoms with E-state index in [4.69, 9.17) is 56.1 Å². The van der Waals surface area contributed by atoms with Crippen LogP contribution in [0.5, 0.6) is 0 Å². The normalized spacial score (nSPS) is 32.4. The molecule has 0 aromatic rings. The van der Waals surface area contributed by atoms with Crippen molar-refractivity contribution in [1.29, 1.82) is 0 Å². The van der Waals surface area contributed by atoms with E-state index in [0.29, 0.717) is 24.0 Å². The fraction of sp³-hybridized carbons (Fsp3) is 0.500. The van der Waals surface area contributed by atoms with Gasteiger partial charge in [0.2, 0.25) is 23.1 Å². The minimum atomic E-state index is -1.02. The van der Waals surface area contributed by atoms with E-state index in [9.17, 15) is 48.3 Å². The first kappa shape index (κ1) is 67.7. The average Bonchev–Trinajstić information content (AvgIpc) is 3.48. The SMILES string of the molecule is CO[C@H]1/C=C\C=C(/C)C(=O)NC2=CC(=O)C(N)=C(C[C@@H](C)C[C@H](OC)[C@@H](OC(C)=O)[C@@H](C)/C=C(\C)[C@@H]1OC(N)=O)C2=O.CO[C@H]1/C=C\C=C(/C)C(=O)NC2=CC(=O)C(N)=C(C[C@@H](C)C[C@H](OC)[C@H](O)[C@@H](C)/C=C(\C)[C@@H]1OC(N)=O)C2=O. The summed E-state index contributed by atoms with van der Waals surface area (Å²) in [6.07, 6.45) is 7.16. The van der Waals surface area contributed by atoms with Gasteiger partial charge in [-0.05, 0) is 76.4 Å². The maximum absolute atomic E-state index is 13.3. The number of aliphatic hydroxyl groups is 1. The summed E-state index contributed by atoms with van der Waals surface area (Å²) in [5.41, 5.74) is 23.7. The topological polar surface area (TPSA) is 367 Å². The van der Waals surface area contributed by atoms with E-state index in [0.717, 1.165) is 12.2 Å². The highest BCUT2D eigenvalue weighted by molar-refractivity contribution is 6.24. The highest BCUT2D eigenvalue weighted by atomic mass is 16.6. The third kappa shape index (κ3) is 19.3. The van der Waals surface area contributed by atoms with E-state index in [1.807, 2.05) is 20.8 Å². The van der Waals surface area contributed by atoms with Gasteiger partial charge in [0, 0.05) is 81.6 Å². The molecule has 0 aromatic heterocycles. The number of esters is 1. The molecular formula is C58H80N6O17. The monoisotopic (exact) mass is 1130 g/mol. The van der Waals surface area contributed by atoms with Gasteiger partial charge >= 0.3 is 18.2 Å². The van der Waals surface area contributed by atoms with Crippen molar-refractivity contribution < 1.29 is 81.4 Å². The van der Waals surface area contributed by atoms with Gasteiger partial charge in [0.15, 0.2) is 12.2 Å². The summed E-state index contributed by atoms with van der Waals surface area (Å²) in [5, 5.41) is 16.1. The zero-order valence-corrected chi connectivity index (χ0v) is 48.3. The Morgan fingerprint density at radius 2 is 0.963 bits per heavy atom. The molecule has 4 amide bonds. The van der Waals surface area contributed by atoms with E-state index in [1.165, 1.54) is 73.5 Å². The molecule has 0 aromatic carbocycles. The van der Waals surface area contributed by atoms with Crippen molar-refractivity contribution in [1.82, 2.24) is 10.6 Å². The van der Waals surface area contributed by atoms with Gasteiger partial charge in [-0.15, -0.1) is 0 Å². The van der Waals surface area contributed by atoms with Crippen LogP contribution in [0.2, 0.25) is 0 Å². The van der Waals surface area contributed by atoms with Crippen molar-refractivity contribution in [2.45, 2.75) is 137 Å².